The van der Waals surface area contributed by atoms with E-state index < -0.39 is 0 Å². The van der Waals surface area contributed by atoms with Crippen LogP contribution in [0.15, 0.2) is 30.3 Å². The maximum absolute atomic E-state index is 12.7. The van der Waals surface area contributed by atoms with Gasteiger partial charge in [0.1, 0.15) is 0 Å². The number of likely N-dealkylation sites (tertiary alicyclic amines) is 1. The standard InChI is InChI=1S/C18H28N2O/c1-18(2,3)15-9-11-20(12-10-15)17(21)16(13-19)14-7-5-4-6-8-14/h4-8,15-16H,9-13,19H2,1-3H3. The van der Waals surface area contributed by atoms with Crippen molar-refractivity contribution in [3.8, 4) is 0 Å². The second-order valence-corrected chi connectivity index (χ2v) is 7.16. The van der Waals surface area contributed by atoms with Crippen LogP contribution >= 0.6 is 0 Å². The fourth-order valence-corrected chi connectivity index (χ4v) is 3.25. The Morgan fingerprint density at radius 2 is 1.81 bits per heavy atom. The van der Waals surface area contributed by atoms with Gasteiger partial charge in [-0.25, -0.2) is 0 Å². The molecule has 2 rings (SSSR count). The van der Waals surface area contributed by atoms with Crippen molar-refractivity contribution in [2.24, 2.45) is 17.1 Å². The van der Waals surface area contributed by atoms with Crippen LogP contribution in [0.1, 0.15) is 45.1 Å². The molecular formula is C18H28N2O. The van der Waals surface area contributed by atoms with Gasteiger partial charge in [-0.2, -0.15) is 0 Å². The maximum atomic E-state index is 12.7. The Hall–Kier alpha value is -1.35. The Kier molecular flexibility index (Phi) is 5.04. The number of hydrogen-bond donors (Lipinski definition) is 1. The largest absolute Gasteiger partial charge is 0.342 e. The van der Waals surface area contributed by atoms with Crippen molar-refractivity contribution in [3.63, 3.8) is 0 Å². The quantitative estimate of drug-likeness (QED) is 0.929. The third-order valence-corrected chi connectivity index (χ3v) is 4.77. The summed E-state index contributed by atoms with van der Waals surface area (Å²) in [5, 5.41) is 0. The van der Waals surface area contributed by atoms with Crippen LogP contribution in [-0.4, -0.2) is 30.4 Å². The van der Waals surface area contributed by atoms with Crippen molar-refractivity contribution in [1.82, 2.24) is 4.90 Å². The Labute approximate surface area is 128 Å². The molecule has 3 heteroatoms. The summed E-state index contributed by atoms with van der Waals surface area (Å²) >= 11 is 0. The molecule has 0 saturated carbocycles. The van der Waals surface area contributed by atoms with Gasteiger partial charge in [0.15, 0.2) is 0 Å². The number of benzene rings is 1. The first-order valence-corrected chi connectivity index (χ1v) is 7.97. The molecular weight excluding hydrogens is 260 g/mol. The summed E-state index contributed by atoms with van der Waals surface area (Å²) in [6.07, 6.45) is 2.20. The number of rotatable bonds is 3. The van der Waals surface area contributed by atoms with Crippen LogP contribution in [-0.2, 0) is 4.79 Å². The minimum Gasteiger partial charge on any atom is -0.342 e. The lowest BCUT2D eigenvalue weighted by Crippen LogP contribution is -2.44. The Morgan fingerprint density at radius 3 is 2.29 bits per heavy atom. The molecule has 1 fully saturated rings. The van der Waals surface area contributed by atoms with Gasteiger partial charge in [-0.05, 0) is 29.7 Å². The van der Waals surface area contributed by atoms with E-state index in [9.17, 15) is 4.79 Å². The normalized spacial score (nSPS) is 18.6. The van der Waals surface area contributed by atoms with Gasteiger partial charge in [-0.15, -0.1) is 0 Å². The molecule has 0 radical (unpaired) electrons. The fourth-order valence-electron chi connectivity index (χ4n) is 3.25. The lowest BCUT2D eigenvalue weighted by Gasteiger charge is -2.39. The van der Waals surface area contributed by atoms with Gasteiger partial charge < -0.3 is 10.6 Å². The second-order valence-electron chi connectivity index (χ2n) is 7.16. The summed E-state index contributed by atoms with van der Waals surface area (Å²) in [5.74, 6) is 0.697. The molecule has 3 nitrogen and oxygen atoms in total. The van der Waals surface area contributed by atoms with Crippen molar-refractivity contribution in [2.75, 3.05) is 19.6 Å². The molecule has 1 aromatic carbocycles. The summed E-state index contributed by atoms with van der Waals surface area (Å²) < 4.78 is 0. The van der Waals surface area contributed by atoms with Crippen LogP contribution in [0.5, 0.6) is 0 Å². The molecule has 1 saturated heterocycles. The first-order valence-electron chi connectivity index (χ1n) is 7.97. The van der Waals surface area contributed by atoms with E-state index in [0.29, 0.717) is 17.9 Å². The van der Waals surface area contributed by atoms with Crippen molar-refractivity contribution in [2.45, 2.75) is 39.5 Å². The highest BCUT2D eigenvalue weighted by atomic mass is 16.2. The summed E-state index contributed by atoms with van der Waals surface area (Å²) in [5.41, 5.74) is 7.23. The fraction of sp³-hybridized carbons (Fsp3) is 0.611. The van der Waals surface area contributed by atoms with Gasteiger partial charge in [-0.1, -0.05) is 51.1 Å². The van der Waals surface area contributed by atoms with Gasteiger partial charge in [0.2, 0.25) is 5.91 Å². The zero-order chi connectivity index (χ0) is 15.5. The number of hydrogen-bond acceptors (Lipinski definition) is 2. The van der Waals surface area contributed by atoms with Crippen molar-refractivity contribution < 1.29 is 4.79 Å². The van der Waals surface area contributed by atoms with Crippen LogP contribution in [0.25, 0.3) is 0 Å². The van der Waals surface area contributed by atoms with Crippen LogP contribution in [0, 0.1) is 11.3 Å². The lowest BCUT2D eigenvalue weighted by atomic mass is 9.75. The molecule has 1 atom stereocenters. The molecule has 21 heavy (non-hydrogen) atoms. The van der Waals surface area contributed by atoms with Gasteiger partial charge in [0.05, 0.1) is 5.92 Å². The summed E-state index contributed by atoms with van der Waals surface area (Å²) in [6.45, 7) is 8.99. The van der Waals surface area contributed by atoms with Crippen molar-refractivity contribution >= 4 is 5.91 Å². The highest BCUT2D eigenvalue weighted by Gasteiger charge is 2.32. The molecule has 1 aliphatic heterocycles. The number of piperidine rings is 1. The van der Waals surface area contributed by atoms with Gasteiger partial charge in [-0.3, -0.25) is 4.79 Å². The number of nitrogens with two attached hydrogens (primary N) is 1. The van der Waals surface area contributed by atoms with Crippen LogP contribution in [0.4, 0.5) is 0 Å². The van der Waals surface area contributed by atoms with Crippen LogP contribution in [0.3, 0.4) is 0 Å². The molecule has 0 aliphatic carbocycles. The highest BCUT2D eigenvalue weighted by Crippen LogP contribution is 2.34. The first kappa shape index (κ1) is 16.0. The van der Waals surface area contributed by atoms with E-state index in [-0.39, 0.29) is 11.8 Å². The minimum absolute atomic E-state index is 0.191. The summed E-state index contributed by atoms with van der Waals surface area (Å²) in [7, 11) is 0. The molecule has 2 N–H and O–H groups in total. The van der Waals surface area contributed by atoms with E-state index in [2.05, 4.69) is 20.8 Å². The molecule has 1 amide bonds. The molecule has 0 aromatic heterocycles. The highest BCUT2D eigenvalue weighted by molar-refractivity contribution is 5.84. The molecule has 116 valence electrons. The minimum atomic E-state index is -0.197. The average Bonchev–Trinajstić information content (AvgIpc) is 2.48. The summed E-state index contributed by atoms with van der Waals surface area (Å²) in [6, 6.07) is 9.90. The third kappa shape index (κ3) is 3.85. The Morgan fingerprint density at radius 1 is 1.24 bits per heavy atom. The predicted molar refractivity (Wildman–Crippen MR) is 87.0 cm³/mol. The third-order valence-electron chi connectivity index (χ3n) is 4.77. The van der Waals surface area contributed by atoms with E-state index >= 15 is 0 Å². The predicted octanol–water partition coefficient (Wildman–Crippen LogP) is 3.01. The van der Waals surface area contributed by atoms with E-state index in [1.54, 1.807) is 0 Å². The lowest BCUT2D eigenvalue weighted by molar-refractivity contribution is -0.134. The van der Waals surface area contributed by atoms with Crippen molar-refractivity contribution in [1.29, 1.82) is 0 Å². The number of nitrogens with zero attached hydrogens (tertiary/aromatic N) is 1. The molecule has 0 bridgehead atoms. The monoisotopic (exact) mass is 288 g/mol. The zero-order valence-corrected chi connectivity index (χ0v) is 13.5. The first-order chi connectivity index (χ1) is 9.93. The molecule has 1 heterocycles. The molecule has 1 aliphatic rings. The Bertz CT molecular complexity index is 456. The smallest absolute Gasteiger partial charge is 0.231 e. The van der Waals surface area contributed by atoms with E-state index in [1.807, 2.05) is 35.2 Å². The molecule has 0 spiro atoms. The van der Waals surface area contributed by atoms with Crippen LogP contribution < -0.4 is 5.73 Å². The number of carbonyl (C=O) groups is 1. The second kappa shape index (κ2) is 6.61. The topological polar surface area (TPSA) is 46.3 Å². The molecule has 1 unspecified atom stereocenters. The van der Waals surface area contributed by atoms with Crippen LogP contribution in [0.2, 0.25) is 0 Å². The summed E-state index contributed by atoms with van der Waals surface area (Å²) in [4.78, 5) is 14.7. The SMILES string of the molecule is CC(C)(C)C1CCN(C(=O)C(CN)c2ccccc2)CC1. The Balaban J connectivity index is 2.01. The maximum Gasteiger partial charge on any atom is 0.231 e. The molecule has 1 aromatic rings. The average molecular weight is 288 g/mol. The zero-order valence-electron chi connectivity index (χ0n) is 13.5. The van der Waals surface area contributed by atoms with Gasteiger partial charge in [0, 0.05) is 19.6 Å². The number of amides is 1. The van der Waals surface area contributed by atoms with Gasteiger partial charge >= 0.3 is 0 Å². The van der Waals surface area contributed by atoms with E-state index in [1.165, 1.54) is 0 Å². The van der Waals surface area contributed by atoms with Crippen molar-refractivity contribution in [3.05, 3.63) is 35.9 Å². The number of carbonyl (C=O) groups excluding carboxylic acids is 1. The van der Waals surface area contributed by atoms with E-state index in [4.69, 9.17) is 5.73 Å². The van der Waals surface area contributed by atoms with Gasteiger partial charge in [0.25, 0.3) is 0 Å². The van der Waals surface area contributed by atoms with E-state index in [0.717, 1.165) is 31.5 Å².